The van der Waals surface area contributed by atoms with E-state index >= 15 is 0 Å². The van der Waals surface area contributed by atoms with Crippen LogP contribution < -0.4 is 5.32 Å². The Balaban J connectivity index is 1.97. The van der Waals surface area contributed by atoms with E-state index in [0.29, 0.717) is 17.4 Å². The molecule has 3 nitrogen and oxygen atoms in total. The van der Waals surface area contributed by atoms with Crippen molar-refractivity contribution in [1.29, 1.82) is 0 Å². The zero-order valence-electron chi connectivity index (χ0n) is 9.26. The number of hydrogen-bond donors (Lipinski definition) is 1. The second kappa shape index (κ2) is 4.53. The fourth-order valence-corrected chi connectivity index (χ4v) is 2.15. The lowest BCUT2D eigenvalue weighted by molar-refractivity contribution is 0.519. The molecule has 16 heavy (non-hydrogen) atoms. The molecule has 0 saturated heterocycles. The normalized spacial score (nSPS) is 17.2. The quantitative estimate of drug-likeness (QED) is 0.808. The largest absolute Gasteiger partial charge is 0.367 e. The summed E-state index contributed by atoms with van der Waals surface area (Å²) in [5.74, 6) is 0.602. The molecule has 1 heterocycles. The first-order valence-electron chi connectivity index (χ1n) is 5.44. The summed E-state index contributed by atoms with van der Waals surface area (Å²) in [4.78, 5) is 7.69. The smallest absolute Gasteiger partial charge is 0.186 e. The van der Waals surface area contributed by atoms with Crippen LogP contribution in [0, 0.1) is 18.2 Å². The minimum Gasteiger partial charge on any atom is -0.367 e. The molecule has 88 valence electrons. The summed E-state index contributed by atoms with van der Waals surface area (Å²) in [7, 11) is 0. The summed E-state index contributed by atoms with van der Waals surface area (Å²) < 4.78 is 13.6. The Morgan fingerprint density at radius 1 is 1.50 bits per heavy atom. The number of alkyl halides is 1. The minimum absolute atomic E-state index is 0.271. The van der Waals surface area contributed by atoms with E-state index in [-0.39, 0.29) is 11.2 Å². The highest BCUT2D eigenvalue weighted by Crippen LogP contribution is 2.48. The molecule has 0 aromatic carbocycles. The van der Waals surface area contributed by atoms with E-state index < -0.39 is 0 Å². The zero-order chi connectivity index (χ0) is 11.6. The lowest BCUT2D eigenvalue weighted by Gasteiger charge is -2.15. The summed E-state index contributed by atoms with van der Waals surface area (Å²) >= 11 is 5.74. The molecule has 0 aliphatic heterocycles. The summed E-state index contributed by atoms with van der Waals surface area (Å²) in [5.41, 5.74) is 0.646. The fraction of sp³-hybridized carbons (Fsp3) is 0.636. The number of halogens is 2. The number of nitrogens with zero attached hydrogens (tertiary/aromatic N) is 2. The van der Waals surface area contributed by atoms with Crippen LogP contribution in [0.25, 0.3) is 0 Å². The van der Waals surface area contributed by atoms with Crippen molar-refractivity contribution in [2.24, 2.45) is 5.41 Å². The zero-order valence-corrected chi connectivity index (χ0v) is 10.0. The Hall–Kier alpha value is -0.900. The van der Waals surface area contributed by atoms with Gasteiger partial charge >= 0.3 is 0 Å². The van der Waals surface area contributed by atoms with Crippen LogP contribution in [0.5, 0.6) is 0 Å². The van der Waals surface area contributed by atoms with E-state index in [1.54, 1.807) is 6.92 Å². The van der Waals surface area contributed by atoms with E-state index in [4.69, 9.17) is 11.6 Å². The van der Waals surface area contributed by atoms with Crippen LogP contribution in [0.15, 0.2) is 6.33 Å². The number of hydrogen-bond acceptors (Lipinski definition) is 3. The molecule has 0 spiro atoms. The van der Waals surface area contributed by atoms with Gasteiger partial charge in [0.25, 0.3) is 0 Å². The van der Waals surface area contributed by atoms with E-state index in [1.807, 2.05) is 0 Å². The first kappa shape index (κ1) is 11.6. The molecule has 0 unspecified atom stereocenters. The van der Waals surface area contributed by atoms with Gasteiger partial charge in [-0.2, -0.15) is 0 Å². The molecule has 1 N–H and O–H groups in total. The van der Waals surface area contributed by atoms with Crippen molar-refractivity contribution in [3.63, 3.8) is 0 Å². The molecule has 0 radical (unpaired) electrons. The molecular formula is C11H15ClFN3. The van der Waals surface area contributed by atoms with Crippen molar-refractivity contribution < 1.29 is 4.39 Å². The highest BCUT2D eigenvalue weighted by Gasteiger charge is 2.41. The van der Waals surface area contributed by atoms with Crippen LogP contribution in [0.2, 0.25) is 0 Å². The summed E-state index contributed by atoms with van der Waals surface area (Å²) in [6, 6.07) is 0. The number of anilines is 1. The summed E-state index contributed by atoms with van der Waals surface area (Å²) in [6.45, 7) is 2.38. The lowest BCUT2D eigenvalue weighted by atomic mass is 10.0. The van der Waals surface area contributed by atoms with E-state index in [2.05, 4.69) is 15.3 Å². The Morgan fingerprint density at radius 2 is 2.25 bits per heavy atom. The average molecular weight is 244 g/mol. The average Bonchev–Trinajstić information content (AvgIpc) is 3.02. The Kier molecular flexibility index (Phi) is 3.28. The van der Waals surface area contributed by atoms with Crippen molar-refractivity contribution in [2.45, 2.75) is 26.2 Å². The van der Waals surface area contributed by atoms with Crippen molar-refractivity contribution in [3.05, 3.63) is 17.8 Å². The molecule has 1 aliphatic rings. The van der Waals surface area contributed by atoms with Crippen LogP contribution in [0.1, 0.15) is 25.0 Å². The minimum atomic E-state index is -0.357. The molecule has 2 rings (SSSR count). The Morgan fingerprint density at radius 3 is 2.88 bits per heavy atom. The van der Waals surface area contributed by atoms with Crippen LogP contribution in [0.4, 0.5) is 10.2 Å². The first-order chi connectivity index (χ1) is 7.67. The maximum Gasteiger partial charge on any atom is 0.186 e. The van der Waals surface area contributed by atoms with E-state index in [9.17, 15) is 4.39 Å². The molecule has 0 amide bonds. The number of nitrogens with one attached hydrogen (secondary N) is 1. The van der Waals surface area contributed by atoms with Gasteiger partial charge in [0.1, 0.15) is 6.33 Å². The van der Waals surface area contributed by atoms with Crippen molar-refractivity contribution in [3.8, 4) is 0 Å². The lowest BCUT2D eigenvalue weighted by Crippen LogP contribution is -2.17. The van der Waals surface area contributed by atoms with Gasteiger partial charge in [0, 0.05) is 12.4 Å². The van der Waals surface area contributed by atoms with Gasteiger partial charge in [0.05, 0.1) is 5.69 Å². The maximum absolute atomic E-state index is 13.6. The summed E-state index contributed by atoms with van der Waals surface area (Å²) in [6.07, 6.45) is 4.69. The number of rotatable bonds is 5. The second-order valence-electron chi connectivity index (χ2n) is 4.41. The fourth-order valence-electron chi connectivity index (χ4n) is 1.74. The molecular weight excluding hydrogens is 229 g/mol. The molecule has 1 aromatic rings. The van der Waals surface area contributed by atoms with Crippen LogP contribution >= 0.6 is 11.6 Å². The van der Waals surface area contributed by atoms with Gasteiger partial charge in [-0.05, 0) is 31.6 Å². The maximum atomic E-state index is 13.6. The van der Waals surface area contributed by atoms with Gasteiger partial charge in [0.15, 0.2) is 11.6 Å². The van der Waals surface area contributed by atoms with Gasteiger partial charge < -0.3 is 5.32 Å². The van der Waals surface area contributed by atoms with Crippen LogP contribution in [-0.4, -0.2) is 22.4 Å². The standard InChI is InChI=1S/C11H15ClFN3/c1-8-9(13)10(16-7-15-8)14-6-11(2-3-11)4-5-12/h7H,2-6H2,1H3,(H,14,15,16). The van der Waals surface area contributed by atoms with E-state index in [1.165, 1.54) is 19.2 Å². The van der Waals surface area contributed by atoms with Gasteiger partial charge in [-0.3, -0.25) is 0 Å². The predicted octanol–water partition coefficient (Wildman–Crippen LogP) is 2.75. The van der Waals surface area contributed by atoms with Crippen LogP contribution in [0.3, 0.4) is 0 Å². The predicted molar refractivity (Wildman–Crippen MR) is 62.2 cm³/mol. The molecule has 1 aromatic heterocycles. The molecule has 5 heteroatoms. The van der Waals surface area contributed by atoms with Gasteiger partial charge in [-0.25, -0.2) is 14.4 Å². The van der Waals surface area contributed by atoms with Crippen molar-refractivity contribution in [2.75, 3.05) is 17.7 Å². The molecule has 1 fully saturated rings. The van der Waals surface area contributed by atoms with Gasteiger partial charge in [-0.1, -0.05) is 0 Å². The molecule has 1 aliphatic carbocycles. The van der Waals surface area contributed by atoms with Crippen molar-refractivity contribution in [1.82, 2.24) is 9.97 Å². The highest BCUT2D eigenvalue weighted by molar-refractivity contribution is 6.17. The third-order valence-corrected chi connectivity index (χ3v) is 3.37. The van der Waals surface area contributed by atoms with Gasteiger partial charge in [0.2, 0.25) is 0 Å². The summed E-state index contributed by atoms with van der Waals surface area (Å²) in [5, 5.41) is 3.06. The highest BCUT2D eigenvalue weighted by atomic mass is 35.5. The third kappa shape index (κ3) is 2.43. The number of aryl methyl sites for hydroxylation is 1. The molecule has 0 bridgehead atoms. The molecule has 1 saturated carbocycles. The number of aromatic nitrogens is 2. The second-order valence-corrected chi connectivity index (χ2v) is 4.79. The SMILES string of the molecule is Cc1ncnc(NCC2(CCCl)CC2)c1F. The monoisotopic (exact) mass is 243 g/mol. The Bertz CT molecular complexity index is 379. The Labute approximate surface area is 99.4 Å². The molecule has 0 atom stereocenters. The van der Waals surface area contributed by atoms with E-state index in [0.717, 1.165) is 13.0 Å². The van der Waals surface area contributed by atoms with Crippen LogP contribution in [-0.2, 0) is 0 Å². The topological polar surface area (TPSA) is 37.8 Å². The van der Waals surface area contributed by atoms with Crippen molar-refractivity contribution >= 4 is 17.4 Å². The van der Waals surface area contributed by atoms with Gasteiger partial charge in [-0.15, -0.1) is 11.6 Å². The third-order valence-electron chi connectivity index (χ3n) is 3.18. The first-order valence-corrected chi connectivity index (χ1v) is 5.97.